The van der Waals surface area contributed by atoms with Crippen LogP contribution in [-0.4, -0.2) is 35.3 Å². The lowest BCUT2D eigenvalue weighted by molar-refractivity contribution is -0.144. The van der Waals surface area contributed by atoms with Crippen LogP contribution in [0, 0.1) is 0 Å². The molecule has 2 unspecified atom stereocenters. The third kappa shape index (κ3) is 3.27. The van der Waals surface area contributed by atoms with Gasteiger partial charge in [0.2, 0.25) is 5.82 Å². The van der Waals surface area contributed by atoms with Crippen LogP contribution in [0.15, 0.2) is 6.07 Å². The molecule has 0 bridgehead atoms. The second-order valence-electron chi connectivity index (χ2n) is 4.52. The lowest BCUT2D eigenvalue weighted by Gasteiger charge is -2.37. The number of halogens is 4. The van der Waals surface area contributed by atoms with E-state index in [0.29, 0.717) is 13.2 Å². The summed E-state index contributed by atoms with van der Waals surface area (Å²) >= 11 is 5.65. The Balaban J connectivity index is 2.36. The molecule has 1 aromatic rings. The summed E-state index contributed by atoms with van der Waals surface area (Å²) in [7, 11) is 0. The predicted molar refractivity (Wildman–Crippen MR) is 64.3 cm³/mol. The fourth-order valence-electron chi connectivity index (χ4n) is 1.90. The SMILES string of the molecule is CC1CN(c2cc(Cl)nc(C(F)(F)F)n2)C(C)CO1. The molecular formula is C11H13ClF3N3O. The topological polar surface area (TPSA) is 38.2 Å². The van der Waals surface area contributed by atoms with E-state index in [1.54, 1.807) is 4.90 Å². The molecular weight excluding hydrogens is 283 g/mol. The molecule has 2 heterocycles. The van der Waals surface area contributed by atoms with Crippen LogP contribution < -0.4 is 4.90 Å². The van der Waals surface area contributed by atoms with Crippen molar-refractivity contribution in [3.8, 4) is 0 Å². The van der Waals surface area contributed by atoms with Gasteiger partial charge in [0.15, 0.2) is 0 Å². The predicted octanol–water partition coefficient (Wildman–Crippen LogP) is 2.76. The van der Waals surface area contributed by atoms with Gasteiger partial charge < -0.3 is 9.64 Å². The Morgan fingerprint density at radius 2 is 2.05 bits per heavy atom. The number of ether oxygens (including phenoxy) is 1. The number of anilines is 1. The van der Waals surface area contributed by atoms with E-state index in [4.69, 9.17) is 16.3 Å². The molecule has 0 aromatic carbocycles. The fraction of sp³-hybridized carbons (Fsp3) is 0.636. The number of rotatable bonds is 1. The summed E-state index contributed by atoms with van der Waals surface area (Å²) in [5.74, 6) is -1.05. The van der Waals surface area contributed by atoms with E-state index in [1.807, 2.05) is 13.8 Å². The molecule has 0 radical (unpaired) electrons. The Hall–Kier alpha value is -1.08. The van der Waals surface area contributed by atoms with Crippen LogP contribution >= 0.6 is 11.6 Å². The number of alkyl halides is 3. The van der Waals surface area contributed by atoms with E-state index in [1.165, 1.54) is 6.07 Å². The second-order valence-corrected chi connectivity index (χ2v) is 4.90. The van der Waals surface area contributed by atoms with Gasteiger partial charge in [-0.15, -0.1) is 0 Å². The van der Waals surface area contributed by atoms with E-state index in [9.17, 15) is 13.2 Å². The molecule has 1 aromatic heterocycles. The van der Waals surface area contributed by atoms with E-state index in [2.05, 4.69) is 9.97 Å². The van der Waals surface area contributed by atoms with Gasteiger partial charge in [-0.1, -0.05) is 11.6 Å². The Labute approximate surface area is 113 Å². The van der Waals surface area contributed by atoms with Crippen LogP contribution in [0.4, 0.5) is 19.0 Å². The summed E-state index contributed by atoms with van der Waals surface area (Å²) in [5, 5.41) is -0.219. The minimum Gasteiger partial charge on any atom is -0.375 e. The summed E-state index contributed by atoms with van der Waals surface area (Å²) in [5.41, 5.74) is 0. The number of nitrogens with zero attached hydrogens (tertiary/aromatic N) is 3. The lowest BCUT2D eigenvalue weighted by atomic mass is 10.2. The molecule has 106 valence electrons. The maximum absolute atomic E-state index is 12.7. The Kier molecular flexibility index (Phi) is 3.87. The highest BCUT2D eigenvalue weighted by molar-refractivity contribution is 6.29. The first-order valence-corrected chi connectivity index (χ1v) is 6.15. The van der Waals surface area contributed by atoms with Crippen LogP contribution in [0.2, 0.25) is 5.15 Å². The zero-order chi connectivity index (χ0) is 14.2. The van der Waals surface area contributed by atoms with Gasteiger partial charge in [-0.05, 0) is 13.8 Å². The van der Waals surface area contributed by atoms with Crippen molar-refractivity contribution >= 4 is 17.4 Å². The van der Waals surface area contributed by atoms with E-state index >= 15 is 0 Å². The molecule has 1 aliphatic rings. The molecule has 1 saturated heterocycles. The second kappa shape index (κ2) is 5.13. The number of aromatic nitrogens is 2. The van der Waals surface area contributed by atoms with Gasteiger partial charge >= 0.3 is 6.18 Å². The first-order chi connectivity index (χ1) is 8.77. The molecule has 1 aliphatic heterocycles. The van der Waals surface area contributed by atoms with Crippen molar-refractivity contribution < 1.29 is 17.9 Å². The van der Waals surface area contributed by atoms with Crippen LogP contribution in [0.1, 0.15) is 19.7 Å². The average molecular weight is 296 g/mol. The largest absolute Gasteiger partial charge is 0.451 e. The minimum atomic E-state index is -4.61. The van der Waals surface area contributed by atoms with E-state index in [-0.39, 0.29) is 23.1 Å². The van der Waals surface area contributed by atoms with Crippen molar-refractivity contribution in [2.45, 2.75) is 32.2 Å². The summed E-state index contributed by atoms with van der Waals surface area (Å²) in [6.07, 6.45) is -4.68. The molecule has 0 spiro atoms. The summed E-state index contributed by atoms with van der Waals surface area (Å²) in [6.45, 7) is 4.61. The Morgan fingerprint density at radius 3 is 2.68 bits per heavy atom. The van der Waals surface area contributed by atoms with Gasteiger partial charge in [0.1, 0.15) is 11.0 Å². The summed E-state index contributed by atoms with van der Waals surface area (Å²) < 4.78 is 43.4. The molecule has 2 atom stereocenters. The van der Waals surface area contributed by atoms with Crippen molar-refractivity contribution in [2.75, 3.05) is 18.1 Å². The van der Waals surface area contributed by atoms with Gasteiger partial charge in [0, 0.05) is 12.6 Å². The zero-order valence-corrected chi connectivity index (χ0v) is 11.2. The molecule has 8 heteroatoms. The van der Waals surface area contributed by atoms with Crippen molar-refractivity contribution in [3.05, 3.63) is 17.0 Å². The van der Waals surface area contributed by atoms with E-state index < -0.39 is 12.0 Å². The smallest absolute Gasteiger partial charge is 0.375 e. The molecule has 0 amide bonds. The van der Waals surface area contributed by atoms with Gasteiger partial charge in [-0.25, -0.2) is 9.97 Å². The fourth-order valence-corrected chi connectivity index (χ4v) is 2.08. The maximum atomic E-state index is 12.7. The van der Waals surface area contributed by atoms with Crippen LogP contribution in [0.3, 0.4) is 0 Å². The van der Waals surface area contributed by atoms with Crippen molar-refractivity contribution in [1.82, 2.24) is 9.97 Å². The van der Waals surface area contributed by atoms with Crippen LogP contribution in [0.25, 0.3) is 0 Å². The minimum absolute atomic E-state index is 0.0664. The monoisotopic (exact) mass is 295 g/mol. The maximum Gasteiger partial charge on any atom is 0.451 e. The van der Waals surface area contributed by atoms with E-state index in [0.717, 1.165) is 0 Å². The molecule has 19 heavy (non-hydrogen) atoms. The standard InChI is InChI=1S/C11H13ClF3N3O/c1-6-5-19-7(2)4-18(6)9-3-8(12)16-10(17-9)11(13,14)15/h3,6-7H,4-5H2,1-2H3. The number of hydrogen-bond donors (Lipinski definition) is 0. The lowest BCUT2D eigenvalue weighted by Crippen LogP contribution is -2.48. The Morgan fingerprint density at radius 1 is 1.37 bits per heavy atom. The van der Waals surface area contributed by atoms with Gasteiger partial charge in [0.05, 0.1) is 18.8 Å². The molecule has 1 fully saturated rings. The first kappa shape index (κ1) is 14.3. The Bertz CT molecular complexity index is 469. The van der Waals surface area contributed by atoms with Crippen LogP contribution in [0.5, 0.6) is 0 Å². The quantitative estimate of drug-likeness (QED) is 0.747. The molecule has 0 saturated carbocycles. The third-order valence-corrected chi connectivity index (χ3v) is 3.03. The van der Waals surface area contributed by atoms with Crippen molar-refractivity contribution in [2.24, 2.45) is 0 Å². The zero-order valence-electron chi connectivity index (χ0n) is 10.4. The van der Waals surface area contributed by atoms with Crippen molar-refractivity contribution in [3.63, 3.8) is 0 Å². The molecule has 0 aliphatic carbocycles. The van der Waals surface area contributed by atoms with Gasteiger partial charge in [-0.2, -0.15) is 13.2 Å². The first-order valence-electron chi connectivity index (χ1n) is 5.77. The average Bonchev–Trinajstić information content (AvgIpc) is 2.30. The van der Waals surface area contributed by atoms with Gasteiger partial charge in [-0.3, -0.25) is 0 Å². The highest BCUT2D eigenvalue weighted by atomic mass is 35.5. The molecule has 0 N–H and O–H groups in total. The van der Waals surface area contributed by atoms with Gasteiger partial charge in [0.25, 0.3) is 0 Å². The summed E-state index contributed by atoms with van der Waals surface area (Å²) in [4.78, 5) is 8.53. The normalized spacial score (nSPS) is 24.6. The number of hydrogen-bond acceptors (Lipinski definition) is 4. The van der Waals surface area contributed by atoms with Crippen LogP contribution in [-0.2, 0) is 10.9 Å². The molecule has 4 nitrogen and oxygen atoms in total. The van der Waals surface area contributed by atoms with Crippen molar-refractivity contribution in [1.29, 1.82) is 0 Å². The number of morpholine rings is 1. The highest BCUT2D eigenvalue weighted by Gasteiger charge is 2.36. The third-order valence-electron chi connectivity index (χ3n) is 2.84. The highest BCUT2D eigenvalue weighted by Crippen LogP contribution is 2.30. The summed E-state index contributed by atoms with van der Waals surface area (Å²) in [6, 6.07) is 1.27. The molecule has 2 rings (SSSR count).